The van der Waals surface area contributed by atoms with Crippen LogP contribution in [0, 0.1) is 0 Å². The lowest BCUT2D eigenvalue weighted by Crippen LogP contribution is -2.23. The number of para-hydroxylation sites is 1. The first-order valence-corrected chi connectivity index (χ1v) is 4.92. The molecule has 0 aliphatic carbocycles. The van der Waals surface area contributed by atoms with E-state index < -0.39 is 0 Å². The van der Waals surface area contributed by atoms with Crippen molar-refractivity contribution in [2.24, 2.45) is 4.99 Å². The van der Waals surface area contributed by atoms with E-state index in [0.29, 0.717) is 0 Å². The first-order valence-electron chi connectivity index (χ1n) is 4.12. The summed E-state index contributed by atoms with van der Waals surface area (Å²) in [4.78, 5) is 4.30. The van der Waals surface area contributed by atoms with Crippen molar-refractivity contribution in [3.05, 3.63) is 29.8 Å². The molecule has 1 aliphatic heterocycles. The van der Waals surface area contributed by atoms with Gasteiger partial charge in [-0.3, -0.25) is 4.99 Å². The van der Waals surface area contributed by atoms with Crippen LogP contribution in [0.25, 0.3) is 0 Å². The summed E-state index contributed by atoms with van der Waals surface area (Å²) in [6, 6.07) is 7.99. The maximum atomic E-state index is 5.43. The molecular formula is C10H10BrNO. The fourth-order valence-electron chi connectivity index (χ4n) is 1.47. The summed E-state index contributed by atoms with van der Waals surface area (Å²) in [5.74, 6) is 0. The molecule has 1 heterocycles. The summed E-state index contributed by atoms with van der Waals surface area (Å²) < 4.78 is 5.05. The predicted octanol–water partition coefficient (Wildman–Crippen LogP) is 2.99. The van der Waals surface area contributed by atoms with Gasteiger partial charge < -0.3 is 4.74 Å². The van der Waals surface area contributed by atoms with Crippen LogP contribution in [0.2, 0.25) is 0 Å². The van der Waals surface area contributed by atoms with Gasteiger partial charge in [0.25, 0.3) is 0 Å². The minimum absolute atomic E-state index is 0.384. The lowest BCUT2D eigenvalue weighted by atomic mass is 10.0. The van der Waals surface area contributed by atoms with E-state index in [1.165, 1.54) is 0 Å². The van der Waals surface area contributed by atoms with E-state index in [0.717, 1.165) is 17.7 Å². The molecule has 68 valence electrons. The smallest absolute Gasteiger partial charge is 0.154 e. The Hall–Kier alpha value is -0.670. The minimum atomic E-state index is -0.384. The second-order valence-corrected chi connectivity index (χ2v) is 4.25. The maximum absolute atomic E-state index is 5.43. The summed E-state index contributed by atoms with van der Waals surface area (Å²) in [7, 11) is 1.70. The monoisotopic (exact) mass is 239 g/mol. The van der Waals surface area contributed by atoms with Crippen LogP contribution in [-0.2, 0) is 9.25 Å². The lowest BCUT2D eigenvalue weighted by molar-refractivity contribution is 0.0827. The van der Waals surface area contributed by atoms with E-state index in [2.05, 4.69) is 20.9 Å². The van der Waals surface area contributed by atoms with E-state index in [1.807, 2.05) is 30.5 Å². The number of ether oxygens (including phenoxy) is 1. The highest BCUT2D eigenvalue weighted by molar-refractivity contribution is 9.09. The Bertz CT molecular complexity index is 351. The number of halogens is 1. The number of aliphatic imine (C=N–C) groups is 1. The summed E-state index contributed by atoms with van der Waals surface area (Å²) in [5, 5.41) is 0. The molecule has 1 atom stereocenters. The van der Waals surface area contributed by atoms with E-state index in [1.54, 1.807) is 7.11 Å². The molecule has 2 rings (SSSR count). The zero-order chi connectivity index (χ0) is 9.31. The molecule has 1 aromatic carbocycles. The molecule has 2 nitrogen and oxygen atoms in total. The Balaban J connectivity index is 2.55. The predicted molar refractivity (Wildman–Crippen MR) is 56.8 cm³/mol. The van der Waals surface area contributed by atoms with Crippen LogP contribution in [-0.4, -0.2) is 13.3 Å². The number of fused-ring (bicyclic) bond motifs is 1. The number of hydrogen-bond acceptors (Lipinski definition) is 2. The van der Waals surface area contributed by atoms with Gasteiger partial charge in [-0.25, -0.2) is 0 Å². The molecule has 1 aromatic rings. The quantitative estimate of drug-likeness (QED) is 0.691. The Morgan fingerprint density at radius 1 is 1.46 bits per heavy atom. The third-order valence-corrected chi connectivity index (χ3v) is 3.29. The van der Waals surface area contributed by atoms with Crippen molar-refractivity contribution in [3.8, 4) is 0 Å². The normalized spacial score (nSPS) is 25.7. The Kier molecular flexibility index (Phi) is 2.22. The van der Waals surface area contributed by atoms with Gasteiger partial charge in [0.2, 0.25) is 0 Å². The molecule has 0 saturated heterocycles. The molecule has 0 spiro atoms. The number of hydrogen-bond donors (Lipinski definition) is 0. The van der Waals surface area contributed by atoms with Crippen molar-refractivity contribution in [1.82, 2.24) is 0 Å². The molecule has 3 heteroatoms. The summed E-state index contributed by atoms with van der Waals surface area (Å²) >= 11 is 3.58. The van der Waals surface area contributed by atoms with Crippen molar-refractivity contribution in [2.75, 3.05) is 7.11 Å². The molecular weight excluding hydrogens is 230 g/mol. The molecule has 0 N–H and O–H groups in total. The van der Waals surface area contributed by atoms with Crippen LogP contribution in [0.4, 0.5) is 5.69 Å². The van der Waals surface area contributed by atoms with E-state index in [4.69, 9.17) is 4.74 Å². The average molecular weight is 240 g/mol. The molecule has 1 unspecified atom stereocenters. The highest BCUT2D eigenvalue weighted by atomic mass is 79.9. The van der Waals surface area contributed by atoms with Crippen molar-refractivity contribution in [2.45, 2.75) is 10.9 Å². The third kappa shape index (κ3) is 1.42. The van der Waals surface area contributed by atoms with Crippen LogP contribution < -0.4 is 0 Å². The fourth-order valence-corrected chi connectivity index (χ4v) is 1.95. The molecule has 0 fully saturated rings. The second kappa shape index (κ2) is 3.24. The highest BCUT2D eigenvalue weighted by Crippen LogP contribution is 2.42. The number of alkyl halides is 1. The fraction of sp³-hybridized carbons (Fsp3) is 0.300. The number of benzene rings is 1. The average Bonchev–Trinajstić information content (AvgIpc) is 2.19. The van der Waals surface area contributed by atoms with Gasteiger partial charge in [0, 0.05) is 25.3 Å². The van der Waals surface area contributed by atoms with Crippen LogP contribution in [0.5, 0.6) is 0 Å². The molecule has 0 amide bonds. The zero-order valence-corrected chi connectivity index (χ0v) is 8.91. The van der Waals surface area contributed by atoms with Crippen LogP contribution in [0.15, 0.2) is 29.3 Å². The van der Waals surface area contributed by atoms with Gasteiger partial charge in [-0.15, -0.1) is 0 Å². The minimum Gasteiger partial charge on any atom is -0.362 e. The molecule has 0 aromatic heterocycles. The third-order valence-electron chi connectivity index (χ3n) is 2.21. The van der Waals surface area contributed by atoms with Crippen LogP contribution >= 0.6 is 15.9 Å². The van der Waals surface area contributed by atoms with Gasteiger partial charge in [0.05, 0.1) is 5.69 Å². The second-order valence-electron chi connectivity index (χ2n) is 2.97. The standard InChI is InChI=1S/C10H10BrNO/c1-13-10(11)6-7-12-9-5-3-2-4-8(9)10/h2-5,7H,6H2,1H3. The number of nitrogens with zero attached hydrogens (tertiary/aromatic N) is 1. The first kappa shape index (κ1) is 8.91. The van der Waals surface area contributed by atoms with Gasteiger partial charge in [0.1, 0.15) is 0 Å². The van der Waals surface area contributed by atoms with Gasteiger partial charge in [-0.1, -0.05) is 18.2 Å². The Morgan fingerprint density at radius 2 is 2.23 bits per heavy atom. The van der Waals surface area contributed by atoms with E-state index in [9.17, 15) is 0 Å². The van der Waals surface area contributed by atoms with Gasteiger partial charge in [-0.05, 0) is 22.0 Å². The van der Waals surface area contributed by atoms with Crippen molar-refractivity contribution in [3.63, 3.8) is 0 Å². The largest absolute Gasteiger partial charge is 0.362 e. The molecule has 13 heavy (non-hydrogen) atoms. The zero-order valence-electron chi connectivity index (χ0n) is 7.33. The Labute approximate surface area is 85.8 Å². The SMILES string of the molecule is COC1(Br)CC=Nc2ccccc21. The molecule has 0 radical (unpaired) electrons. The lowest BCUT2D eigenvalue weighted by Gasteiger charge is -2.28. The van der Waals surface area contributed by atoms with Crippen molar-refractivity contribution >= 4 is 27.8 Å². The van der Waals surface area contributed by atoms with Gasteiger partial charge in [-0.2, -0.15) is 0 Å². The van der Waals surface area contributed by atoms with Crippen LogP contribution in [0.3, 0.4) is 0 Å². The Morgan fingerprint density at radius 3 is 3.00 bits per heavy atom. The number of rotatable bonds is 1. The highest BCUT2D eigenvalue weighted by Gasteiger charge is 2.32. The maximum Gasteiger partial charge on any atom is 0.154 e. The van der Waals surface area contributed by atoms with Crippen molar-refractivity contribution in [1.29, 1.82) is 0 Å². The van der Waals surface area contributed by atoms with Gasteiger partial charge in [0.15, 0.2) is 4.51 Å². The van der Waals surface area contributed by atoms with E-state index in [-0.39, 0.29) is 4.51 Å². The molecule has 1 aliphatic rings. The van der Waals surface area contributed by atoms with Crippen molar-refractivity contribution < 1.29 is 4.74 Å². The molecule has 0 bridgehead atoms. The van der Waals surface area contributed by atoms with Crippen LogP contribution in [0.1, 0.15) is 12.0 Å². The van der Waals surface area contributed by atoms with E-state index >= 15 is 0 Å². The summed E-state index contributed by atoms with van der Waals surface area (Å²) in [6.45, 7) is 0. The first-order chi connectivity index (χ1) is 6.26. The summed E-state index contributed by atoms with van der Waals surface area (Å²) in [5.41, 5.74) is 2.08. The molecule has 0 saturated carbocycles. The number of methoxy groups -OCH3 is 1. The topological polar surface area (TPSA) is 21.6 Å². The van der Waals surface area contributed by atoms with Gasteiger partial charge >= 0.3 is 0 Å². The summed E-state index contributed by atoms with van der Waals surface area (Å²) in [6.07, 6.45) is 2.64.